The molecule has 1 N–H and O–H groups in total. The predicted molar refractivity (Wildman–Crippen MR) is 110 cm³/mol. The van der Waals surface area contributed by atoms with E-state index in [9.17, 15) is 9.59 Å². The van der Waals surface area contributed by atoms with Crippen LogP contribution in [0.3, 0.4) is 0 Å². The van der Waals surface area contributed by atoms with E-state index in [0.29, 0.717) is 17.3 Å². The van der Waals surface area contributed by atoms with Crippen LogP contribution < -0.4 is 10.2 Å². The Bertz CT molecular complexity index is 828. The van der Waals surface area contributed by atoms with Crippen molar-refractivity contribution in [2.75, 3.05) is 42.9 Å². The van der Waals surface area contributed by atoms with Crippen LogP contribution in [-0.2, 0) is 4.79 Å². The van der Waals surface area contributed by atoms with Gasteiger partial charge in [0.05, 0.1) is 17.3 Å². The van der Waals surface area contributed by atoms with E-state index in [1.165, 1.54) is 0 Å². The van der Waals surface area contributed by atoms with Crippen molar-refractivity contribution < 1.29 is 9.59 Å². The highest BCUT2D eigenvalue weighted by Crippen LogP contribution is 2.23. The maximum Gasteiger partial charge on any atom is 0.238 e. The van der Waals surface area contributed by atoms with Crippen molar-refractivity contribution in [3.8, 4) is 0 Å². The van der Waals surface area contributed by atoms with Crippen molar-refractivity contribution in [2.45, 2.75) is 13.8 Å². The maximum absolute atomic E-state index is 12.3. The summed E-state index contributed by atoms with van der Waals surface area (Å²) in [6.45, 7) is 7.19. The lowest BCUT2D eigenvalue weighted by Gasteiger charge is -2.35. The Labute approximate surface area is 164 Å². The number of amides is 1. The Balaban J connectivity index is 1.50. The SMILES string of the molecule is CC(=O)c1ccc(N2CCN(CC(=O)Nc3ccc(C)cc3Cl)CC2)cc1. The maximum atomic E-state index is 12.3. The van der Waals surface area contributed by atoms with Gasteiger partial charge >= 0.3 is 0 Å². The summed E-state index contributed by atoms with van der Waals surface area (Å²) in [7, 11) is 0. The Morgan fingerprint density at radius 1 is 1.04 bits per heavy atom. The summed E-state index contributed by atoms with van der Waals surface area (Å²) in [6.07, 6.45) is 0. The number of anilines is 2. The summed E-state index contributed by atoms with van der Waals surface area (Å²) in [6, 6.07) is 13.3. The number of halogens is 1. The molecule has 1 aliphatic heterocycles. The number of nitrogens with one attached hydrogen (secondary N) is 1. The van der Waals surface area contributed by atoms with Gasteiger partial charge in [-0.15, -0.1) is 0 Å². The summed E-state index contributed by atoms with van der Waals surface area (Å²) >= 11 is 6.18. The molecule has 2 aromatic carbocycles. The van der Waals surface area contributed by atoms with E-state index in [1.54, 1.807) is 6.92 Å². The molecule has 0 spiro atoms. The average Bonchev–Trinajstić information content (AvgIpc) is 2.65. The van der Waals surface area contributed by atoms with E-state index in [2.05, 4.69) is 15.1 Å². The van der Waals surface area contributed by atoms with E-state index in [1.807, 2.05) is 49.4 Å². The minimum atomic E-state index is -0.0555. The van der Waals surface area contributed by atoms with Crippen LogP contribution in [0, 0.1) is 6.92 Å². The Morgan fingerprint density at radius 2 is 1.70 bits per heavy atom. The molecule has 1 amide bonds. The summed E-state index contributed by atoms with van der Waals surface area (Å²) in [4.78, 5) is 28.1. The lowest BCUT2D eigenvalue weighted by atomic mass is 10.1. The van der Waals surface area contributed by atoms with E-state index < -0.39 is 0 Å². The zero-order valence-electron chi connectivity index (χ0n) is 15.7. The summed E-state index contributed by atoms with van der Waals surface area (Å²) in [5.41, 5.74) is 3.54. The largest absolute Gasteiger partial charge is 0.369 e. The second-order valence-electron chi connectivity index (χ2n) is 6.90. The Kier molecular flexibility index (Phi) is 6.14. The molecule has 0 aliphatic carbocycles. The molecule has 1 fully saturated rings. The van der Waals surface area contributed by atoms with Crippen LogP contribution in [-0.4, -0.2) is 49.3 Å². The molecule has 0 saturated carbocycles. The van der Waals surface area contributed by atoms with Crippen molar-refractivity contribution in [3.05, 3.63) is 58.6 Å². The van der Waals surface area contributed by atoms with Crippen LogP contribution in [0.2, 0.25) is 5.02 Å². The van der Waals surface area contributed by atoms with Gasteiger partial charge in [-0.05, 0) is 55.8 Å². The minimum Gasteiger partial charge on any atom is -0.369 e. The monoisotopic (exact) mass is 385 g/mol. The molecule has 0 atom stereocenters. The second kappa shape index (κ2) is 8.55. The van der Waals surface area contributed by atoms with E-state index in [0.717, 1.165) is 43.0 Å². The molecular formula is C21H24ClN3O2. The quantitative estimate of drug-likeness (QED) is 0.799. The van der Waals surface area contributed by atoms with Gasteiger partial charge in [0.15, 0.2) is 5.78 Å². The van der Waals surface area contributed by atoms with Crippen molar-refractivity contribution in [2.24, 2.45) is 0 Å². The summed E-state index contributed by atoms with van der Waals surface area (Å²) in [5, 5.41) is 3.44. The zero-order chi connectivity index (χ0) is 19.4. The highest BCUT2D eigenvalue weighted by molar-refractivity contribution is 6.33. The molecule has 6 heteroatoms. The first-order valence-corrected chi connectivity index (χ1v) is 9.44. The first-order valence-electron chi connectivity index (χ1n) is 9.06. The van der Waals surface area contributed by atoms with Gasteiger partial charge in [0.2, 0.25) is 5.91 Å². The summed E-state index contributed by atoms with van der Waals surface area (Å²) in [5.74, 6) is 0.0195. The number of Topliss-reactive ketones (excluding diaryl/α,β-unsaturated/α-hetero) is 1. The predicted octanol–water partition coefficient (Wildman–Crippen LogP) is 3.61. The number of nitrogens with zero attached hydrogens (tertiary/aromatic N) is 2. The van der Waals surface area contributed by atoms with Gasteiger partial charge in [-0.3, -0.25) is 14.5 Å². The molecular weight excluding hydrogens is 362 g/mol. The van der Waals surface area contributed by atoms with Crippen LogP contribution >= 0.6 is 11.6 Å². The van der Waals surface area contributed by atoms with Crippen molar-refractivity contribution in [1.82, 2.24) is 4.90 Å². The minimum absolute atomic E-state index is 0.0555. The van der Waals surface area contributed by atoms with Crippen LogP contribution in [0.25, 0.3) is 0 Å². The molecule has 0 unspecified atom stereocenters. The first kappa shape index (κ1) is 19.4. The fourth-order valence-corrected chi connectivity index (χ4v) is 3.47. The van der Waals surface area contributed by atoms with Gasteiger partial charge in [-0.1, -0.05) is 17.7 Å². The molecule has 142 valence electrons. The zero-order valence-corrected chi connectivity index (χ0v) is 16.4. The van der Waals surface area contributed by atoms with Crippen molar-refractivity contribution in [1.29, 1.82) is 0 Å². The van der Waals surface area contributed by atoms with Crippen LogP contribution in [0.15, 0.2) is 42.5 Å². The van der Waals surface area contributed by atoms with Gasteiger partial charge in [0.25, 0.3) is 0 Å². The molecule has 1 heterocycles. The normalized spacial score (nSPS) is 14.9. The second-order valence-corrected chi connectivity index (χ2v) is 7.30. The number of carbonyl (C=O) groups excluding carboxylic acids is 2. The number of rotatable bonds is 5. The molecule has 3 rings (SSSR count). The standard InChI is InChI=1S/C21H24ClN3O2/c1-15-3-8-20(19(22)13-15)23-21(27)14-24-9-11-25(12-10-24)18-6-4-17(5-7-18)16(2)26/h3-8,13H,9-12,14H2,1-2H3,(H,23,27). The molecule has 0 aromatic heterocycles. The molecule has 0 radical (unpaired) electrons. The Morgan fingerprint density at radius 3 is 2.30 bits per heavy atom. The molecule has 1 aliphatic rings. The highest BCUT2D eigenvalue weighted by atomic mass is 35.5. The average molecular weight is 386 g/mol. The van der Waals surface area contributed by atoms with Gasteiger partial charge in [0.1, 0.15) is 0 Å². The van der Waals surface area contributed by atoms with E-state index >= 15 is 0 Å². The molecule has 1 saturated heterocycles. The number of piperazine rings is 1. The van der Waals surface area contributed by atoms with Crippen LogP contribution in [0.1, 0.15) is 22.8 Å². The fraction of sp³-hybridized carbons (Fsp3) is 0.333. The molecule has 2 aromatic rings. The van der Waals surface area contributed by atoms with Crippen LogP contribution in [0.4, 0.5) is 11.4 Å². The number of aryl methyl sites for hydroxylation is 1. The number of benzene rings is 2. The molecule has 0 bridgehead atoms. The van der Waals surface area contributed by atoms with Gasteiger partial charge in [-0.25, -0.2) is 0 Å². The number of carbonyl (C=O) groups is 2. The summed E-state index contributed by atoms with van der Waals surface area (Å²) < 4.78 is 0. The van der Waals surface area contributed by atoms with E-state index in [-0.39, 0.29) is 11.7 Å². The number of ketones is 1. The van der Waals surface area contributed by atoms with Crippen molar-refractivity contribution >= 4 is 34.7 Å². The number of hydrogen-bond acceptors (Lipinski definition) is 4. The van der Waals surface area contributed by atoms with Gasteiger partial charge in [-0.2, -0.15) is 0 Å². The topological polar surface area (TPSA) is 52.7 Å². The van der Waals surface area contributed by atoms with Gasteiger partial charge in [0, 0.05) is 37.4 Å². The molecule has 5 nitrogen and oxygen atoms in total. The fourth-order valence-electron chi connectivity index (χ4n) is 3.19. The van der Waals surface area contributed by atoms with E-state index in [4.69, 9.17) is 11.6 Å². The highest BCUT2D eigenvalue weighted by Gasteiger charge is 2.19. The smallest absolute Gasteiger partial charge is 0.238 e. The third-order valence-electron chi connectivity index (χ3n) is 4.78. The van der Waals surface area contributed by atoms with Crippen molar-refractivity contribution in [3.63, 3.8) is 0 Å². The molecule has 27 heavy (non-hydrogen) atoms. The number of hydrogen-bond donors (Lipinski definition) is 1. The Hall–Kier alpha value is -2.37. The third kappa shape index (κ3) is 5.08. The van der Waals surface area contributed by atoms with Gasteiger partial charge < -0.3 is 10.2 Å². The first-order chi connectivity index (χ1) is 12.9. The lowest BCUT2D eigenvalue weighted by molar-refractivity contribution is -0.117. The third-order valence-corrected chi connectivity index (χ3v) is 5.09. The van der Waals surface area contributed by atoms with Crippen LogP contribution in [0.5, 0.6) is 0 Å². The lowest BCUT2D eigenvalue weighted by Crippen LogP contribution is -2.48.